The van der Waals surface area contributed by atoms with E-state index in [1.54, 1.807) is 10.9 Å². The Kier molecular flexibility index (Phi) is 5.82. The Bertz CT molecular complexity index is 1400. The molecule has 0 spiro atoms. The molecular weight excluding hydrogens is 424 g/mol. The van der Waals surface area contributed by atoms with E-state index in [4.69, 9.17) is 0 Å². The quantitative estimate of drug-likeness (QED) is 0.353. The minimum absolute atomic E-state index is 0.157. The molecule has 7 heteroatoms. The smallest absolute Gasteiger partial charge is 0.255 e. The molecule has 1 amide bonds. The molecule has 2 N–H and O–H groups in total. The molecule has 0 aliphatic carbocycles. The Morgan fingerprint density at radius 2 is 1.50 bits per heavy atom. The molecule has 5 rings (SSSR count). The van der Waals surface area contributed by atoms with Gasteiger partial charge in [-0.3, -0.25) is 4.79 Å². The van der Waals surface area contributed by atoms with Gasteiger partial charge in [-0.1, -0.05) is 42.5 Å². The van der Waals surface area contributed by atoms with Crippen LogP contribution in [0.15, 0.2) is 103 Å². The van der Waals surface area contributed by atoms with E-state index in [-0.39, 0.29) is 5.91 Å². The van der Waals surface area contributed by atoms with Crippen LogP contribution >= 0.6 is 0 Å². The van der Waals surface area contributed by atoms with E-state index < -0.39 is 0 Å². The third-order valence-electron chi connectivity index (χ3n) is 5.23. The Labute approximate surface area is 197 Å². The minimum atomic E-state index is -0.157. The molecule has 2 heterocycles. The predicted molar refractivity (Wildman–Crippen MR) is 133 cm³/mol. The van der Waals surface area contributed by atoms with Crippen LogP contribution in [0, 0.1) is 6.92 Å². The van der Waals surface area contributed by atoms with Gasteiger partial charge in [-0.2, -0.15) is 5.10 Å². The Balaban J connectivity index is 1.25. The Morgan fingerprint density at radius 3 is 2.21 bits per heavy atom. The minimum Gasteiger partial charge on any atom is -0.340 e. The largest absolute Gasteiger partial charge is 0.340 e. The molecule has 0 unspecified atom stereocenters. The average Bonchev–Trinajstić information content (AvgIpc) is 3.41. The van der Waals surface area contributed by atoms with Crippen LogP contribution in [0.5, 0.6) is 0 Å². The first-order chi connectivity index (χ1) is 16.6. The highest BCUT2D eigenvalue weighted by atomic mass is 16.1. The summed E-state index contributed by atoms with van der Waals surface area (Å²) in [5, 5.41) is 10.4. The first-order valence-corrected chi connectivity index (χ1v) is 10.8. The zero-order chi connectivity index (χ0) is 23.3. The number of aryl methyl sites for hydroxylation is 1. The Morgan fingerprint density at radius 1 is 0.794 bits per heavy atom. The van der Waals surface area contributed by atoms with Crippen molar-refractivity contribution in [3.63, 3.8) is 0 Å². The van der Waals surface area contributed by atoms with Crippen molar-refractivity contribution in [1.82, 2.24) is 19.7 Å². The molecule has 34 heavy (non-hydrogen) atoms. The Hall–Kier alpha value is -4.78. The van der Waals surface area contributed by atoms with E-state index in [0.29, 0.717) is 28.7 Å². The molecule has 2 aromatic heterocycles. The molecule has 7 nitrogen and oxygen atoms in total. The van der Waals surface area contributed by atoms with E-state index in [1.807, 2.05) is 104 Å². The monoisotopic (exact) mass is 446 g/mol. The zero-order valence-corrected chi connectivity index (χ0v) is 18.5. The first-order valence-electron chi connectivity index (χ1n) is 10.8. The molecule has 0 saturated heterocycles. The van der Waals surface area contributed by atoms with Gasteiger partial charge >= 0.3 is 0 Å². The van der Waals surface area contributed by atoms with E-state index in [1.165, 1.54) is 0 Å². The molecule has 0 saturated carbocycles. The lowest BCUT2D eigenvalue weighted by atomic mass is 10.0. The number of carbonyl (C=O) groups is 1. The number of carbonyl (C=O) groups excluding carboxylic acids is 1. The van der Waals surface area contributed by atoms with Crippen LogP contribution in [-0.2, 0) is 0 Å². The number of nitrogens with zero attached hydrogens (tertiary/aromatic N) is 4. The third-order valence-corrected chi connectivity index (χ3v) is 5.23. The van der Waals surface area contributed by atoms with E-state index in [9.17, 15) is 4.79 Å². The van der Waals surface area contributed by atoms with Crippen LogP contribution in [-0.4, -0.2) is 25.7 Å². The van der Waals surface area contributed by atoms with Crippen molar-refractivity contribution in [3.05, 3.63) is 115 Å². The second kappa shape index (κ2) is 9.38. The van der Waals surface area contributed by atoms with Crippen molar-refractivity contribution in [3.8, 4) is 16.9 Å². The summed E-state index contributed by atoms with van der Waals surface area (Å²) in [6.45, 7) is 1.84. The fourth-order valence-corrected chi connectivity index (χ4v) is 3.57. The lowest BCUT2D eigenvalue weighted by Gasteiger charge is -2.10. The third kappa shape index (κ3) is 4.83. The molecule has 0 aliphatic rings. The lowest BCUT2D eigenvalue weighted by molar-refractivity contribution is 0.102. The van der Waals surface area contributed by atoms with Crippen LogP contribution in [0.1, 0.15) is 16.2 Å². The van der Waals surface area contributed by atoms with E-state index >= 15 is 0 Å². The molecule has 0 fully saturated rings. The fraction of sp³-hybridized carbons (Fsp3) is 0.0370. The summed E-state index contributed by atoms with van der Waals surface area (Å²) >= 11 is 0. The van der Waals surface area contributed by atoms with Crippen LogP contribution in [0.2, 0.25) is 0 Å². The van der Waals surface area contributed by atoms with Gasteiger partial charge in [0.15, 0.2) is 5.82 Å². The summed E-state index contributed by atoms with van der Waals surface area (Å²) in [5.41, 5.74) is 4.34. The number of benzene rings is 3. The molecular formula is C27H22N6O. The highest BCUT2D eigenvalue weighted by molar-refractivity contribution is 6.04. The van der Waals surface area contributed by atoms with Crippen molar-refractivity contribution in [2.24, 2.45) is 0 Å². The van der Waals surface area contributed by atoms with Gasteiger partial charge in [0.05, 0.1) is 0 Å². The highest BCUT2D eigenvalue weighted by Crippen LogP contribution is 2.22. The summed E-state index contributed by atoms with van der Waals surface area (Å²) in [5.74, 6) is 1.82. The molecule has 0 radical (unpaired) electrons. The summed E-state index contributed by atoms with van der Waals surface area (Å²) in [6, 6.07) is 28.8. The van der Waals surface area contributed by atoms with E-state index in [0.717, 1.165) is 16.8 Å². The molecule has 166 valence electrons. The number of hydrogen-bond donors (Lipinski definition) is 2. The van der Waals surface area contributed by atoms with Crippen LogP contribution < -0.4 is 10.6 Å². The van der Waals surface area contributed by atoms with Crippen LogP contribution in [0.25, 0.3) is 16.9 Å². The fourth-order valence-electron chi connectivity index (χ4n) is 3.57. The SMILES string of the molecule is Cc1nc(Nc2ccc(NC(=O)c3ccc(-c4ccccc4)cc3)cc2)cc(-n2cccn2)n1. The molecule has 5 aromatic rings. The topological polar surface area (TPSA) is 84.7 Å². The molecule has 3 aromatic carbocycles. The van der Waals surface area contributed by atoms with Gasteiger partial charge in [-0.25, -0.2) is 14.6 Å². The van der Waals surface area contributed by atoms with Gasteiger partial charge in [0, 0.05) is 35.4 Å². The van der Waals surface area contributed by atoms with Crippen LogP contribution in [0.4, 0.5) is 17.2 Å². The number of amides is 1. The number of hydrogen-bond acceptors (Lipinski definition) is 5. The second-order valence-corrected chi connectivity index (χ2v) is 7.71. The standard InChI is InChI=1S/C27H22N6O/c1-19-29-25(18-26(30-19)33-17-5-16-28-33)31-23-12-14-24(15-13-23)32-27(34)22-10-8-21(9-11-22)20-6-3-2-4-7-20/h2-18H,1H3,(H,32,34)(H,29,30,31). The van der Waals surface area contributed by atoms with Crippen LogP contribution in [0.3, 0.4) is 0 Å². The van der Waals surface area contributed by atoms with E-state index in [2.05, 4.69) is 25.7 Å². The number of nitrogens with one attached hydrogen (secondary N) is 2. The molecule has 0 aliphatic heterocycles. The number of rotatable bonds is 6. The van der Waals surface area contributed by atoms with Gasteiger partial charge in [-0.15, -0.1) is 0 Å². The van der Waals surface area contributed by atoms with Crippen molar-refractivity contribution >= 4 is 23.1 Å². The lowest BCUT2D eigenvalue weighted by Crippen LogP contribution is -2.11. The van der Waals surface area contributed by atoms with Crippen molar-refractivity contribution in [2.75, 3.05) is 10.6 Å². The van der Waals surface area contributed by atoms with Crippen molar-refractivity contribution < 1.29 is 4.79 Å². The van der Waals surface area contributed by atoms with Gasteiger partial charge in [0.1, 0.15) is 11.6 Å². The highest BCUT2D eigenvalue weighted by Gasteiger charge is 2.08. The maximum absolute atomic E-state index is 12.7. The summed E-state index contributed by atoms with van der Waals surface area (Å²) in [6.07, 6.45) is 3.54. The summed E-state index contributed by atoms with van der Waals surface area (Å²) < 4.78 is 1.69. The maximum atomic E-state index is 12.7. The van der Waals surface area contributed by atoms with Gasteiger partial charge in [-0.05, 0) is 60.5 Å². The average molecular weight is 447 g/mol. The van der Waals surface area contributed by atoms with Gasteiger partial charge in [0.2, 0.25) is 0 Å². The first kappa shape index (κ1) is 21.1. The second-order valence-electron chi connectivity index (χ2n) is 7.71. The van der Waals surface area contributed by atoms with Crippen molar-refractivity contribution in [2.45, 2.75) is 6.92 Å². The zero-order valence-electron chi connectivity index (χ0n) is 18.5. The molecule has 0 atom stereocenters. The van der Waals surface area contributed by atoms with Gasteiger partial charge < -0.3 is 10.6 Å². The number of aromatic nitrogens is 4. The predicted octanol–water partition coefficient (Wildman–Crippen LogP) is 5.63. The van der Waals surface area contributed by atoms with Crippen molar-refractivity contribution in [1.29, 1.82) is 0 Å². The molecule has 0 bridgehead atoms. The normalized spacial score (nSPS) is 10.6. The summed E-state index contributed by atoms with van der Waals surface area (Å²) in [7, 11) is 0. The van der Waals surface area contributed by atoms with Gasteiger partial charge in [0.25, 0.3) is 5.91 Å². The summed E-state index contributed by atoms with van der Waals surface area (Å²) in [4.78, 5) is 21.5. The maximum Gasteiger partial charge on any atom is 0.255 e. The number of anilines is 3.